The van der Waals surface area contributed by atoms with Crippen LogP contribution < -0.4 is 10.5 Å². The van der Waals surface area contributed by atoms with Crippen LogP contribution in [0, 0.1) is 27.7 Å². The van der Waals surface area contributed by atoms with Gasteiger partial charge in [0.25, 0.3) is 0 Å². The van der Waals surface area contributed by atoms with Gasteiger partial charge >= 0.3 is 0 Å². The number of hydrogen-bond acceptors (Lipinski definition) is 2. The third-order valence-corrected chi connectivity index (χ3v) is 3.52. The van der Waals surface area contributed by atoms with Crippen molar-refractivity contribution < 1.29 is 4.74 Å². The summed E-state index contributed by atoms with van der Waals surface area (Å²) in [7, 11) is 0. The quantitative estimate of drug-likeness (QED) is 0.910. The summed E-state index contributed by atoms with van der Waals surface area (Å²) in [4.78, 5) is 0. The van der Waals surface area contributed by atoms with Crippen LogP contribution in [0.1, 0.15) is 33.9 Å². The lowest BCUT2D eigenvalue weighted by atomic mass is 10.1. The molecule has 0 amide bonds. The van der Waals surface area contributed by atoms with Crippen molar-refractivity contribution >= 4 is 0 Å². The number of aryl methyl sites for hydroxylation is 4. The molecule has 0 radical (unpaired) electrons. The molecule has 2 nitrogen and oxygen atoms in total. The van der Waals surface area contributed by atoms with Crippen molar-refractivity contribution in [2.45, 2.75) is 33.7 Å². The Bertz CT molecular complexity index is 564. The van der Waals surface area contributed by atoms with Crippen LogP contribution in [0.25, 0.3) is 0 Å². The lowest BCUT2D eigenvalue weighted by molar-refractivity contribution is 0.287. The van der Waals surface area contributed by atoms with E-state index in [9.17, 15) is 0 Å². The summed E-state index contributed by atoms with van der Waals surface area (Å²) in [5, 5.41) is 0. The average Bonchev–Trinajstić information content (AvgIpc) is 2.38. The molecular weight excluding hydrogens is 246 g/mol. The Kier molecular flexibility index (Phi) is 4.46. The fraction of sp³-hybridized carbons (Fsp3) is 0.333. The van der Waals surface area contributed by atoms with Gasteiger partial charge < -0.3 is 10.5 Å². The van der Waals surface area contributed by atoms with Gasteiger partial charge in [-0.1, -0.05) is 47.5 Å². The molecule has 2 aromatic rings. The van der Waals surface area contributed by atoms with Gasteiger partial charge in [-0.2, -0.15) is 0 Å². The van der Waals surface area contributed by atoms with E-state index in [-0.39, 0.29) is 6.04 Å². The van der Waals surface area contributed by atoms with E-state index >= 15 is 0 Å². The Labute approximate surface area is 121 Å². The molecule has 0 bridgehead atoms. The molecule has 0 aromatic heterocycles. The summed E-state index contributed by atoms with van der Waals surface area (Å²) in [5.74, 6) is 0.957. The van der Waals surface area contributed by atoms with Crippen molar-refractivity contribution in [1.82, 2.24) is 0 Å². The molecule has 0 aliphatic heterocycles. The van der Waals surface area contributed by atoms with E-state index in [2.05, 4.69) is 64.1 Å². The van der Waals surface area contributed by atoms with E-state index in [1.54, 1.807) is 0 Å². The number of benzene rings is 2. The average molecular weight is 269 g/mol. The summed E-state index contributed by atoms with van der Waals surface area (Å²) >= 11 is 0. The number of rotatable bonds is 4. The Balaban J connectivity index is 2.07. The second-order valence-corrected chi connectivity index (χ2v) is 5.56. The molecule has 20 heavy (non-hydrogen) atoms. The summed E-state index contributed by atoms with van der Waals surface area (Å²) in [6, 6.07) is 12.5. The van der Waals surface area contributed by atoms with E-state index in [4.69, 9.17) is 10.5 Å². The third kappa shape index (κ3) is 3.40. The van der Waals surface area contributed by atoms with Crippen LogP contribution in [-0.2, 0) is 0 Å². The molecule has 0 saturated heterocycles. The molecule has 2 aromatic carbocycles. The van der Waals surface area contributed by atoms with Gasteiger partial charge in [-0.05, 0) is 44.4 Å². The van der Waals surface area contributed by atoms with Crippen molar-refractivity contribution in [3.8, 4) is 5.75 Å². The first-order valence-electron chi connectivity index (χ1n) is 7.00. The van der Waals surface area contributed by atoms with Gasteiger partial charge in [-0.15, -0.1) is 0 Å². The van der Waals surface area contributed by atoms with Crippen molar-refractivity contribution in [2.24, 2.45) is 5.73 Å². The predicted molar refractivity (Wildman–Crippen MR) is 84.3 cm³/mol. The van der Waals surface area contributed by atoms with Gasteiger partial charge in [0.05, 0.1) is 6.04 Å². The fourth-order valence-corrected chi connectivity index (χ4v) is 2.48. The van der Waals surface area contributed by atoms with Crippen LogP contribution >= 0.6 is 0 Å². The number of hydrogen-bond donors (Lipinski definition) is 1. The third-order valence-electron chi connectivity index (χ3n) is 3.52. The van der Waals surface area contributed by atoms with Crippen LogP contribution in [0.4, 0.5) is 0 Å². The normalized spacial score (nSPS) is 12.2. The molecule has 0 saturated carbocycles. The zero-order valence-electron chi connectivity index (χ0n) is 12.7. The zero-order valence-corrected chi connectivity index (χ0v) is 12.7. The summed E-state index contributed by atoms with van der Waals surface area (Å²) in [5.41, 5.74) is 12.1. The summed E-state index contributed by atoms with van der Waals surface area (Å²) < 4.78 is 5.94. The van der Waals surface area contributed by atoms with E-state index < -0.39 is 0 Å². The number of nitrogens with two attached hydrogens (primary N) is 1. The Hall–Kier alpha value is -1.80. The van der Waals surface area contributed by atoms with Crippen molar-refractivity contribution in [1.29, 1.82) is 0 Å². The minimum absolute atomic E-state index is 0.101. The van der Waals surface area contributed by atoms with Crippen molar-refractivity contribution in [3.63, 3.8) is 0 Å². The summed E-state index contributed by atoms with van der Waals surface area (Å²) in [6.07, 6.45) is 0. The van der Waals surface area contributed by atoms with Crippen molar-refractivity contribution in [3.05, 3.63) is 64.2 Å². The fourth-order valence-electron chi connectivity index (χ4n) is 2.48. The highest BCUT2D eigenvalue weighted by Gasteiger charge is 2.10. The highest BCUT2D eigenvalue weighted by atomic mass is 16.5. The molecule has 2 rings (SSSR count). The lowest BCUT2D eigenvalue weighted by Gasteiger charge is -2.17. The molecule has 106 valence electrons. The Morgan fingerprint density at radius 2 is 1.45 bits per heavy atom. The number of ether oxygens (including phenoxy) is 1. The Morgan fingerprint density at radius 1 is 0.900 bits per heavy atom. The van der Waals surface area contributed by atoms with Crippen LogP contribution in [0.5, 0.6) is 5.75 Å². The molecular formula is C18H23NO. The Morgan fingerprint density at radius 3 is 2.00 bits per heavy atom. The molecule has 0 aliphatic carbocycles. The van der Waals surface area contributed by atoms with Crippen LogP contribution in [0.3, 0.4) is 0 Å². The smallest absolute Gasteiger partial charge is 0.125 e. The molecule has 0 heterocycles. The molecule has 2 N–H and O–H groups in total. The van der Waals surface area contributed by atoms with E-state index in [1.165, 1.54) is 22.3 Å². The zero-order chi connectivity index (χ0) is 14.7. The van der Waals surface area contributed by atoms with Gasteiger partial charge in [-0.25, -0.2) is 0 Å². The van der Waals surface area contributed by atoms with E-state index in [0.29, 0.717) is 6.61 Å². The van der Waals surface area contributed by atoms with Crippen LogP contribution in [0.15, 0.2) is 36.4 Å². The first-order valence-corrected chi connectivity index (χ1v) is 7.00. The van der Waals surface area contributed by atoms with Gasteiger partial charge in [0.15, 0.2) is 0 Å². The molecule has 1 unspecified atom stereocenters. The van der Waals surface area contributed by atoms with Crippen molar-refractivity contribution in [2.75, 3.05) is 6.61 Å². The molecule has 0 aliphatic rings. The maximum atomic E-state index is 6.20. The van der Waals surface area contributed by atoms with Gasteiger partial charge in [-0.3, -0.25) is 0 Å². The molecule has 0 spiro atoms. The van der Waals surface area contributed by atoms with Gasteiger partial charge in [0.2, 0.25) is 0 Å². The van der Waals surface area contributed by atoms with Crippen LogP contribution in [-0.4, -0.2) is 6.61 Å². The molecule has 0 fully saturated rings. The van der Waals surface area contributed by atoms with Gasteiger partial charge in [0, 0.05) is 0 Å². The topological polar surface area (TPSA) is 35.2 Å². The SMILES string of the molecule is Cc1ccc(C(N)COc2c(C)cc(C)cc2C)cc1. The molecule has 1 atom stereocenters. The maximum absolute atomic E-state index is 6.20. The summed E-state index contributed by atoms with van der Waals surface area (Å²) in [6.45, 7) is 8.82. The molecule has 2 heteroatoms. The highest BCUT2D eigenvalue weighted by Crippen LogP contribution is 2.25. The monoisotopic (exact) mass is 269 g/mol. The minimum atomic E-state index is -0.101. The standard InChI is InChI=1S/C18H23NO/c1-12-5-7-16(8-6-12)17(19)11-20-18-14(3)9-13(2)10-15(18)4/h5-10,17H,11,19H2,1-4H3. The largest absolute Gasteiger partial charge is 0.491 e. The second-order valence-electron chi connectivity index (χ2n) is 5.56. The predicted octanol–water partition coefficient (Wildman–Crippen LogP) is 4.00. The van der Waals surface area contributed by atoms with Crippen LogP contribution in [0.2, 0.25) is 0 Å². The minimum Gasteiger partial charge on any atom is -0.491 e. The van der Waals surface area contributed by atoms with Gasteiger partial charge in [0.1, 0.15) is 12.4 Å². The van der Waals surface area contributed by atoms with E-state index in [0.717, 1.165) is 11.3 Å². The van der Waals surface area contributed by atoms with E-state index in [1.807, 2.05) is 0 Å². The first-order chi connectivity index (χ1) is 9.47. The second kappa shape index (κ2) is 6.10. The highest BCUT2D eigenvalue weighted by molar-refractivity contribution is 5.43. The first kappa shape index (κ1) is 14.6. The lowest BCUT2D eigenvalue weighted by Crippen LogP contribution is -2.19. The maximum Gasteiger partial charge on any atom is 0.125 e.